The van der Waals surface area contributed by atoms with Crippen LogP contribution in [0.25, 0.3) is 0 Å². The molecule has 1 saturated carbocycles. The number of benzene rings is 1. The molecular formula is C25H41N3O4S. The Bertz CT molecular complexity index is 847. The van der Waals surface area contributed by atoms with Gasteiger partial charge in [-0.1, -0.05) is 65.0 Å². The topological polar surface area (TPSA) is 70.2 Å². The fourth-order valence-corrected chi connectivity index (χ4v) is 6.41. The second-order valence-corrected chi connectivity index (χ2v) is 11.2. The Morgan fingerprint density at radius 1 is 0.939 bits per heavy atom. The van der Waals surface area contributed by atoms with E-state index in [1.807, 2.05) is 24.0 Å². The largest absolute Gasteiger partial charge is 0.443 e. The molecule has 3 rings (SSSR count). The Morgan fingerprint density at radius 3 is 2.12 bits per heavy atom. The number of carbonyl (C=O) groups is 1. The van der Waals surface area contributed by atoms with Crippen molar-refractivity contribution in [2.45, 2.75) is 89.3 Å². The monoisotopic (exact) mass is 479 g/mol. The maximum absolute atomic E-state index is 13.3. The maximum Gasteiger partial charge on any atom is 0.410 e. The molecular weight excluding hydrogens is 438 g/mol. The van der Waals surface area contributed by atoms with E-state index in [1.165, 1.54) is 23.6 Å². The smallest absolute Gasteiger partial charge is 0.410 e. The van der Waals surface area contributed by atoms with E-state index < -0.39 is 16.1 Å². The van der Waals surface area contributed by atoms with Crippen molar-refractivity contribution in [1.29, 1.82) is 0 Å². The highest BCUT2D eigenvalue weighted by atomic mass is 32.2. The quantitative estimate of drug-likeness (QED) is 0.495. The predicted octanol–water partition coefficient (Wildman–Crippen LogP) is 4.47. The first-order valence-electron chi connectivity index (χ1n) is 12.7. The minimum Gasteiger partial charge on any atom is -0.443 e. The molecule has 1 atom stereocenters. The third kappa shape index (κ3) is 6.70. The summed E-state index contributed by atoms with van der Waals surface area (Å²) in [5.74, 6) is 0. The average molecular weight is 480 g/mol. The molecule has 0 spiro atoms. The SMILES string of the molecule is CCN(CC)Cc1ccc(S(=O)(=O)N(CC)C[C@@H]2CN(C3CCCCCCC3)C(=O)O2)cc1. The highest BCUT2D eigenvalue weighted by Crippen LogP contribution is 2.26. The molecule has 2 fully saturated rings. The van der Waals surface area contributed by atoms with Crippen LogP contribution in [0.1, 0.15) is 71.3 Å². The van der Waals surface area contributed by atoms with Gasteiger partial charge in [-0.2, -0.15) is 4.31 Å². The summed E-state index contributed by atoms with van der Waals surface area (Å²) < 4.78 is 33.7. The highest BCUT2D eigenvalue weighted by molar-refractivity contribution is 7.89. The van der Waals surface area contributed by atoms with Crippen molar-refractivity contribution in [1.82, 2.24) is 14.1 Å². The summed E-state index contributed by atoms with van der Waals surface area (Å²) in [6.45, 7) is 9.78. The molecule has 8 heteroatoms. The van der Waals surface area contributed by atoms with E-state index in [9.17, 15) is 13.2 Å². The van der Waals surface area contributed by atoms with Crippen molar-refractivity contribution in [2.75, 3.05) is 32.7 Å². The Balaban J connectivity index is 1.64. The molecule has 33 heavy (non-hydrogen) atoms. The molecule has 0 unspecified atom stereocenters. The van der Waals surface area contributed by atoms with Gasteiger partial charge in [-0.05, 0) is 43.6 Å². The number of hydrogen-bond acceptors (Lipinski definition) is 5. The zero-order valence-electron chi connectivity index (χ0n) is 20.5. The number of nitrogens with zero attached hydrogens (tertiary/aromatic N) is 3. The molecule has 0 N–H and O–H groups in total. The summed E-state index contributed by atoms with van der Waals surface area (Å²) in [7, 11) is -3.66. The van der Waals surface area contributed by atoms with Gasteiger partial charge in [0.05, 0.1) is 18.0 Å². The zero-order valence-corrected chi connectivity index (χ0v) is 21.4. The number of carbonyl (C=O) groups excluding carboxylic acids is 1. The van der Waals surface area contributed by atoms with Gasteiger partial charge < -0.3 is 9.64 Å². The van der Waals surface area contributed by atoms with Crippen LogP contribution in [0.3, 0.4) is 0 Å². The maximum atomic E-state index is 13.3. The second-order valence-electron chi connectivity index (χ2n) is 9.22. The van der Waals surface area contributed by atoms with E-state index >= 15 is 0 Å². The molecule has 2 aliphatic rings. The molecule has 7 nitrogen and oxygen atoms in total. The van der Waals surface area contributed by atoms with Gasteiger partial charge in [0.2, 0.25) is 10.0 Å². The lowest BCUT2D eigenvalue weighted by Gasteiger charge is -2.27. The summed E-state index contributed by atoms with van der Waals surface area (Å²) in [6.07, 6.45) is 7.29. The van der Waals surface area contributed by atoms with Crippen LogP contribution in [0.2, 0.25) is 0 Å². The van der Waals surface area contributed by atoms with Crippen LogP contribution in [0.5, 0.6) is 0 Å². The molecule has 1 amide bonds. The van der Waals surface area contributed by atoms with E-state index in [2.05, 4.69) is 18.7 Å². The number of cyclic esters (lactones) is 1. The van der Waals surface area contributed by atoms with E-state index in [0.29, 0.717) is 13.1 Å². The third-order valence-corrected chi connectivity index (χ3v) is 8.99. The van der Waals surface area contributed by atoms with Crippen LogP contribution in [-0.4, -0.2) is 73.5 Å². The third-order valence-electron chi connectivity index (χ3n) is 7.04. The standard InChI is InChI=1S/C25H41N3O4S/c1-4-26(5-2)18-21-14-16-24(17-15-21)33(30,31)27(6-3)19-23-20-28(25(29)32-23)22-12-10-8-7-9-11-13-22/h14-17,22-23H,4-13,18-20H2,1-3H3/t23-/m1/s1. The van der Waals surface area contributed by atoms with Gasteiger partial charge in [-0.15, -0.1) is 0 Å². The Hall–Kier alpha value is -1.64. The van der Waals surface area contributed by atoms with Gasteiger partial charge in [0, 0.05) is 19.1 Å². The van der Waals surface area contributed by atoms with Gasteiger partial charge in [0.15, 0.2) is 0 Å². The molecule has 1 aliphatic heterocycles. The Kier molecular flexibility index (Phi) is 9.58. The Morgan fingerprint density at radius 2 is 1.55 bits per heavy atom. The van der Waals surface area contributed by atoms with Crippen LogP contribution in [0, 0.1) is 0 Å². The van der Waals surface area contributed by atoms with Crippen molar-refractivity contribution < 1.29 is 17.9 Å². The van der Waals surface area contributed by atoms with Crippen molar-refractivity contribution in [2.24, 2.45) is 0 Å². The minimum absolute atomic E-state index is 0.189. The zero-order chi connectivity index (χ0) is 23.8. The molecule has 0 radical (unpaired) electrons. The molecule has 186 valence electrons. The van der Waals surface area contributed by atoms with Crippen molar-refractivity contribution >= 4 is 16.1 Å². The van der Waals surface area contributed by atoms with Gasteiger partial charge in [-0.25, -0.2) is 13.2 Å². The lowest BCUT2D eigenvalue weighted by Crippen LogP contribution is -2.40. The highest BCUT2D eigenvalue weighted by Gasteiger charge is 2.38. The fraction of sp³-hybridized carbons (Fsp3) is 0.720. The molecule has 0 aromatic heterocycles. The minimum atomic E-state index is -3.66. The van der Waals surface area contributed by atoms with E-state index in [4.69, 9.17) is 4.74 Å². The molecule has 0 bridgehead atoms. The number of ether oxygens (including phenoxy) is 1. The van der Waals surface area contributed by atoms with Crippen molar-refractivity contribution in [3.8, 4) is 0 Å². The normalized spacial score (nSPS) is 20.8. The fourth-order valence-electron chi connectivity index (χ4n) is 4.93. The lowest BCUT2D eigenvalue weighted by molar-refractivity contribution is 0.118. The number of hydrogen-bond donors (Lipinski definition) is 0. The molecule has 1 aromatic rings. The Labute approximate surface area is 200 Å². The number of amides is 1. The lowest BCUT2D eigenvalue weighted by atomic mass is 9.96. The molecule has 1 aliphatic carbocycles. The van der Waals surface area contributed by atoms with Crippen molar-refractivity contribution in [3.05, 3.63) is 29.8 Å². The summed E-state index contributed by atoms with van der Waals surface area (Å²) in [6, 6.07) is 7.39. The first kappa shape index (κ1) is 26.0. The summed E-state index contributed by atoms with van der Waals surface area (Å²) in [4.78, 5) is 17.0. The van der Waals surface area contributed by atoms with E-state index in [-0.39, 0.29) is 23.6 Å². The first-order valence-corrected chi connectivity index (χ1v) is 14.1. The number of rotatable bonds is 10. The molecule has 1 heterocycles. The number of sulfonamides is 1. The van der Waals surface area contributed by atoms with Crippen molar-refractivity contribution in [3.63, 3.8) is 0 Å². The van der Waals surface area contributed by atoms with Crippen LogP contribution >= 0.6 is 0 Å². The summed E-state index contributed by atoms with van der Waals surface area (Å²) in [5.41, 5.74) is 1.10. The predicted molar refractivity (Wildman–Crippen MR) is 131 cm³/mol. The van der Waals surface area contributed by atoms with Crippen LogP contribution in [0.15, 0.2) is 29.2 Å². The first-order chi connectivity index (χ1) is 15.9. The van der Waals surface area contributed by atoms with E-state index in [1.54, 1.807) is 12.1 Å². The second kappa shape index (κ2) is 12.2. The molecule has 1 aromatic carbocycles. The van der Waals surface area contributed by atoms with Crippen LogP contribution in [0.4, 0.5) is 4.79 Å². The van der Waals surface area contributed by atoms with Crippen LogP contribution in [-0.2, 0) is 21.3 Å². The van der Waals surface area contributed by atoms with Gasteiger partial charge >= 0.3 is 6.09 Å². The van der Waals surface area contributed by atoms with Gasteiger partial charge in [-0.3, -0.25) is 4.90 Å². The van der Waals surface area contributed by atoms with Gasteiger partial charge in [0.1, 0.15) is 6.10 Å². The summed E-state index contributed by atoms with van der Waals surface area (Å²) >= 11 is 0. The van der Waals surface area contributed by atoms with Gasteiger partial charge in [0.25, 0.3) is 0 Å². The number of likely N-dealkylation sites (N-methyl/N-ethyl adjacent to an activating group) is 1. The van der Waals surface area contributed by atoms with E-state index in [0.717, 1.165) is 50.9 Å². The summed E-state index contributed by atoms with van der Waals surface area (Å²) in [5, 5.41) is 0. The average Bonchev–Trinajstić information content (AvgIpc) is 3.15. The molecule has 1 saturated heterocycles. The van der Waals surface area contributed by atoms with Crippen LogP contribution < -0.4 is 0 Å².